The van der Waals surface area contributed by atoms with E-state index in [-0.39, 0.29) is 29.7 Å². The Labute approximate surface area is 262 Å². The third kappa shape index (κ3) is 6.31. The molecule has 3 fully saturated rings. The summed E-state index contributed by atoms with van der Waals surface area (Å²) in [5.74, 6) is 0.0738. The molecule has 6 rings (SSSR count). The molecule has 2 atom stereocenters. The van der Waals surface area contributed by atoms with Crippen molar-refractivity contribution in [3.63, 3.8) is 0 Å². The highest BCUT2D eigenvalue weighted by Gasteiger charge is 2.45. The molecule has 0 aromatic carbocycles. The number of aliphatic hydroxyl groups excluding tert-OH is 1. The maximum absolute atomic E-state index is 13.4. The Morgan fingerprint density at radius 2 is 1.64 bits per heavy atom. The van der Waals surface area contributed by atoms with Crippen LogP contribution in [0.1, 0.15) is 73.3 Å². The molecule has 2 N–H and O–H groups in total. The van der Waals surface area contributed by atoms with Crippen LogP contribution in [0.5, 0.6) is 0 Å². The van der Waals surface area contributed by atoms with Crippen LogP contribution in [0.15, 0.2) is 30.6 Å². The maximum Gasteiger partial charge on any atom is 0.410 e. The van der Waals surface area contributed by atoms with Crippen LogP contribution in [0.3, 0.4) is 0 Å². The minimum absolute atomic E-state index is 0.0662. The molecule has 3 aromatic heterocycles. The topological polar surface area (TPSA) is 146 Å². The summed E-state index contributed by atoms with van der Waals surface area (Å²) in [7, 11) is 3.50. The van der Waals surface area contributed by atoms with Crippen LogP contribution < -0.4 is 5.32 Å². The van der Waals surface area contributed by atoms with Gasteiger partial charge in [-0.15, -0.1) is 0 Å². The van der Waals surface area contributed by atoms with Crippen LogP contribution >= 0.6 is 0 Å². The lowest BCUT2D eigenvalue weighted by atomic mass is 9.81. The first kappa shape index (κ1) is 30.8. The van der Waals surface area contributed by atoms with Crippen molar-refractivity contribution in [1.29, 1.82) is 0 Å². The maximum atomic E-state index is 13.4. The standard InChI is InChI=1S/C32H42N8O5/c1-32(2,3)45-31(44)39-17-21-15-38(16-22(18-39)26(21)41)28(42)19-10-11-25(33-13-19)35-30-34-14-20-12-24(29(43)37(4)5)40(27(20)36-30)23-8-6-7-9-23/h10-14,21-23,26,41H,6-9,15-18H2,1-5H3,(H,33,34,35,36). The van der Waals surface area contributed by atoms with Crippen LogP contribution in [-0.2, 0) is 4.74 Å². The van der Waals surface area contributed by atoms with E-state index in [1.165, 1.54) is 6.20 Å². The minimum Gasteiger partial charge on any atom is -0.444 e. The van der Waals surface area contributed by atoms with Crippen molar-refractivity contribution < 1.29 is 24.2 Å². The predicted molar refractivity (Wildman–Crippen MR) is 167 cm³/mol. The van der Waals surface area contributed by atoms with Crippen LogP contribution in [0.2, 0.25) is 0 Å². The van der Waals surface area contributed by atoms with E-state index in [0.29, 0.717) is 54.8 Å². The molecule has 0 radical (unpaired) electrons. The average Bonchev–Trinajstić information content (AvgIpc) is 3.63. The summed E-state index contributed by atoms with van der Waals surface area (Å²) in [4.78, 5) is 57.7. The number of carbonyl (C=O) groups excluding carboxylic acids is 3. The summed E-state index contributed by atoms with van der Waals surface area (Å²) in [5, 5.41) is 14.7. The molecule has 13 heteroatoms. The van der Waals surface area contributed by atoms with Gasteiger partial charge in [0.25, 0.3) is 11.8 Å². The van der Waals surface area contributed by atoms with Gasteiger partial charge in [-0.25, -0.2) is 14.8 Å². The number of hydrogen-bond acceptors (Lipinski definition) is 9. The SMILES string of the molecule is CN(C)C(=O)c1cc2cnc(Nc3ccc(C(=O)N4CC5CN(C(=O)OC(C)(C)C)CC(C4)C5O)cn3)nc2n1C1CCCC1. The summed E-state index contributed by atoms with van der Waals surface area (Å²) in [6.45, 7) is 6.81. The van der Waals surface area contributed by atoms with E-state index in [0.717, 1.165) is 31.1 Å². The van der Waals surface area contributed by atoms with Gasteiger partial charge >= 0.3 is 6.09 Å². The quantitative estimate of drug-likeness (QED) is 0.437. The van der Waals surface area contributed by atoms with Crippen LogP contribution in [-0.4, -0.2) is 109 Å². The van der Waals surface area contributed by atoms with Gasteiger partial charge in [0, 0.05) is 75.9 Å². The molecule has 3 aromatic rings. The summed E-state index contributed by atoms with van der Waals surface area (Å²) < 4.78 is 7.59. The molecule has 2 unspecified atom stereocenters. The Morgan fingerprint density at radius 1 is 0.978 bits per heavy atom. The lowest BCUT2D eigenvalue weighted by Gasteiger charge is -2.48. The van der Waals surface area contributed by atoms with E-state index in [1.54, 1.807) is 47.1 Å². The van der Waals surface area contributed by atoms with Crippen LogP contribution in [0, 0.1) is 11.8 Å². The summed E-state index contributed by atoms with van der Waals surface area (Å²) in [6.07, 6.45) is 6.50. The molecule has 45 heavy (non-hydrogen) atoms. The number of aromatic nitrogens is 4. The number of carbonyl (C=O) groups is 3. The van der Waals surface area contributed by atoms with Gasteiger partial charge < -0.3 is 34.4 Å². The monoisotopic (exact) mass is 618 g/mol. The van der Waals surface area contributed by atoms with Gasteiger partial charge in [-0.2, -0.15) is 4.98 Å². The van der Waals surface area contributed by atoms with Gasteiger partial charge in [0.15, 0.2) is 0 Å². The molecule has 240 valence electrons. The summed E-state index contributed by atoms with van der Waals surface area (Å²) in [6, 6.07) is 5.49. The second-order valence-electron chi connectivity index (χ2n) is 13.7. The number of nitrogens with one attached hydrogen (secondary N) is 1. The van der Waals surface area contributed by atoms with Gasteiger partial charge in [0.2, 0.25) is 5.95 Å². The number of fused-ring (bicyclic) bond motifs is 3. The number of pyridine rings is 1. The number of aliphatic hydroxyl groups is 1. The number of ether oxygens (including phenoxy) is 1. The number of nitrogens with zero attached hydrogens (tertiary/aromatic N) is 7. The van der Waals surface area contributed by atoms with Gasteiger partial charge in [-0.05, 0) is 51.8 Å². The third-order valence-electron chi connectivity index (χ3n) is 8.87. The van der Waals surface area contributed by atoms with E-state index < -0.39 is 17.8 Å². The summed E-state index contributed by atoms with van der Waals surface area (Å²) >= 11 is 0. The lowest BCUT2D eigenvalue weighted by molar-refractivity contribution is -0.0727. The number of piperidine rings is 2. The predicted octanol–water partition coefficient (Wildman–Crippen LogP) is 3.69. The highest BCUT2D eigenvalue weighted by atomic mass is 16.6. The molecule has 1 saturated carbocycles. The Bertz CT molecular complexity index is 1580. The first-order valence-electron chi connectivity index (χ1n) is 15.7. The Balaban J connectivity index is 1.14. The molecule has 3 aliphatic rings. The second kappa shape index (κ2) is 11.9. The first-order valence-corrected chi connectivity index (χ1v) is 15.7. The van der Waals surface area contributed by atoms with E-state index in [1.807, 2.05) is 26.8 Å². The molecule has 1 aliphatic carbocycles. The average molecular weight is 619 g/mol. The lowest BCUT2D eigenvalue weighted by Crippen LogP contribution is -2.62. The van der Waals surface area contributed by atoms with Gasteiger partial charge in [-0.3, -0.25) is 9.59 Å². The molecule has 13 nitrogen and oxygen atoms in total. The summed E-state index contributed by atoms with van der Waals surface area (Å²) in [5.41, 5.74) is 1.14. The molecule has 0 spiro atoms. The van der Waals surface area contributed by atoms with Crippen molar-refractivity contribution in [3.05, 3.63) is 41.9 Å². The molecule has 2 aliphatic heterocycles. The third-order valence-corrected chi connectivity index (χ3v) is 8.87. The largest absolute Gasteiger partial charge is 0.444 e. The van der Waals surface area contributed by atoms with E-state index in [2.05, 4.69) is 19.9 Å². The zero-order valence-corrected chi connectivity index (χ0v) is 26.6. The highest BCUT2D eigenvalue weighted by Crippen LogP contribution is 2.35. The Kier molecular flexibility index (Phi) is 8.14. The molecule has 5 heterocycles. The number of anilines is 2. The fraction of sp³-hybridized carbons (Fsp3) is 0.562. The van der Waals surface area contributed by atoms with Crippen molar-refractivity contribution in [2.45, 2.75) is 64.2 Å². The van der Waals surface area contributed by atoms with Crippen LogP contribution in [0.25, 0.3) is 11.0 Å². The van der Waals surface area contributed by atoms with E-state index in [4.69, 9.17) is 9.72 Å². The number of likely N-dealkylation sites (tertiary alicyclic amines) is 2. The number of hydrogen-bond donors (Lipinski definition) is 2. The van der Waals surface area contributed by atoms with Gasteiger partial charge in [0.05, 0.1) is 11.7 Å². The second-order valence-corrected chi connectivity index (χ2v) is 13.7. The molecular weight excluding hydrogens is 576 g/mol. The molecule has 2 bridgehead atoms. The van der Waals surface area contributed by atoms with Crippen molar-refractivity contribution in [1.82, 2.24) is 34.2 Å². The molecule has 2 saturated heterocycles. The first-order chi connectivity index (χ1) is 21.4. The zero-order chi connectivity index (χ0) is 32.0. The number of rotatable bonds is 5. The van der Waals surface area contributed by atoms with Crippen molar-refractivity contribution in [3.8, 4) is 0 Å². The fourth-order valence-corrected chi connectivity index (χ4v) is 6.74. The van der Waals surface area contributed by atoms with Crippen molar-refractivity contribution in [2.24, 2.45) is 11.8 Å². The van der Waals surface area contributed by atoms with Gasteiger partial charge in [0.1, 0.15) is 22.8 Å². The normalized spacial score (nSPS) is 22.0. The molecular formula is C32H42N8O5. The fourth-order valence-electron chi connectivity index (χ4n) is 6.74. The smallest absolute Gasteiger partial charge is 0.410 e. The Hall–Kier alpha value is -4.26. The van der Waals surface area contributed by atoms with Crippen molar-refractivity contribution in [2.75, 3.05) is 45.6 Å². The minimum atomic E-state index is -0.603. The Morgan fingerprint density at radius 3 is 2.24 bits per heavy atom. The van der Waals surface area contributed by atoms with Gasteiger partial charge in [-0.1, -0.05) is 12.8 Å². The number of amides is 3. The zero-order valence-electron chi connectivity index (χ0n) is 26.6. The van der Waals surface area contributed by atoms with Crippen molar-refractivity contribution >= 4 is 40.7 Å². The van der Waals surface area contributed by atoms with E-state index >= 15 is 0 Å². The highest BCUT2D eigenvalue weighted by molar-refractivity contribution is 5.98. The van der Waals surface area contributed by atoms with E-state index in [9.17, 15) is 19.5 Å². The van der Waals surface area contributed by atoms with Crippen LogP contribution in [0.4, 0.5) is 16.6 Å². The molecule has 3 amide bonds.